The largest absolute Gasteiger partial charge is 0.481 e. The number of aliphatic carboxylic acids is 1. The molecule has 0 saturated carbocycles. The second kappa shape index (κ2) is 8.79. The summed E-state index contributed by atoms with van der Waals surface area (Å²) in [5, 5.41) is 18.8. The van der Waals surface area contributed by atoms with Gasteiger partial charge < -0.3 is 10.4 Å². The van der Waals surface area contributed by atoms with Gasteiger partial charge in [-0.3, -0.25) is 14.6 Å². The zero-order chi connectivity index (χ0) is 19.2. The summed E-state index contributed by atoms with van der Waals surface area (Å²) in [6.45, 7) is 0. The number of carbonyl (C=O) groups excluding carboxylic acids is 1. The summed E-state index contributed by atoms with van der Waals surface area (Å²) in [5.41, 5.74) is 3.61. The molecule has 1 aromatic carbocycles. The minimum Gasteiger partial charge on any atom is -0.481 e. The minimum absolute atomic E-state index is 0.249. The molecular weight excluding hydrogens is 388 g/mol. The molecule has 0 spiro atoms. The summed E-state index contributed by atoms with van der Waals surface area (Å²) < 4.78 is 0. The molecule has 2 heterocycles. The van der Waals surface area contributed by atoms with Crippen molar-refractivity contribution >= 4 is 46.6 Å². The van der Waals surface area contributed by atoms with Crippen molar-refractivity contribution in [1.29, 1.82) is 0 Å². The second-order valence-electron chi connectivity index (χ2n) is 5.65. The van der Waals surface area contributed by atoms with Crippen LogP contribution in [-0.2, 0) is 15.5 Å². The first-order valence-electron chi connectivity index (χ1n) is 7.97. The number of carbonyl (C=O) groups is 2. The first kappa shape index (κ1) is 19.1. The van der Waals surface area contributed by atoms with E-state index in [1.165, 1.54) is 0 Å². The van der Waals surface area contributed by atoms with Gasteiger partial charge in [0.05, 0.1) is 18.3 Å². The van der Waals surface area contributed by atoms with Gasteiger partial charge in [0.1, 0.15) is 5.25 Å². The van der Waals surface area contributed by atoms with Gasteiger partial charge in [-0.25, -0.2) is 0 Å². The topological polar surface area (TPSA) is 104 Å². The van der Waals surface area contributed by atoms with E-state index in [0.717, 1.165) is 34.1 Å². The molecule has 27 heavy (non-hydrogen) atoms. The highest BCUT2D eigenvalue weighted by Gasteiger charge is 2.32. The van der Waals surface area contributed by atoms with Crippen LogP contribution in [0.4, 0.5) is 0 Å². The maximum absolute atomic E-state index is 11.6. The Morgan fingerprint density at radius 3 is 2.70 bits per heavy atom. The van der Waals surface area contributed by atoms with Crippen LogP contribution in [0.3, 0.4) is 0 Å². The summed E-state index contributed by atoms with van der Waals surface area (Å²) in [4.78, 5) is 26.7. The molecule has 0 aliphatic carbocycles. The molecule has 1 aliphatic heterocycles. The van der Waals surface area contributed by atoms with Crippen molar-refractivity contribution in [2.24, 2.45) is 10.2 Å². The molecule has 138 valence electrons. The maximum Gasteiger partial charge on any atom is 0.305 e. The predicted octanol–water partition coefficient (Wildman–Crippen LogP) is 2.88. The third-order valence-electron chi connectivity index (χ3n) is 3.68. The van der Waals surface area contributed by atoms with Crippen LogP contribution in [0.25, 0.3) is 11.3 Å². The van der Waals surface area contributed by atoms with Crippen LogP contribution < -0.4 is 5.32 Å². The lowest BCUT2D eigenvalue weighted by Gasteiger charge is -2.02. The predicted molar refractivity (Wildman–Crippen MR) is 106 cm³/mol. The molecule has 7 nitrogen and oxygen atoms in total. The molecule has 1 aliphatic rings. The van der Waals surface area contributed by atoms with Gasteiger partial charge in [0.2, 0.25) is 5.91 Å². The lowest BCUT2D eigenvalue weighted by Crippen LogP contribution is -2.26. The molecule has 1 amide bonds. The average molecular weight is 403 g/mol. The average Bonchev–Trinajstić information content (AvgIpc) is 3.01. The van der Waals surface area contributed by atoms with Gasteiger partial charge in [0.25, 0.3) is 0 Å². The van der Waals surface area contributed by atoms with E-state index in [-0.39, 0.29) is 12.3 Å². The van der Waals surface area contributed by atoms with Crippen molar-refractivity contribution in [3.8, 4) is 11.3 Å². The molecule has 0 bridgehead atoms. The van der Waals surface area contributed by atoms with Gasteiger partial charge in [0, 0.05) is 17.6 Å². The monoisotopic (exact) mass is 402 g/mol. The zero-order valence-corrected chi connectivity index (χ0v) is 15.6. The summed E-state index contributed by atoms with van der Waals surface area (Å²) >= 11 is 6.83. The van der Waals surface area contributed by atoms with Crippen LogP contribution in [0.2, 0.25) is 0 Å². The standard InChI is InChI=1S/C18H15ClN4O3S/c19-8-12-3-6-14(20-9-12)13-4-1-11(2-5-13)10-21-23-18-22-17(26)15(27-18)7-16(24)25/h1-6,9-10,15H,7-8H2,(H,24,25)(H,22,23,26). The summed E-state index contributed by atoms with van der Waals surface area (Å²) in [7, 11) is 0. The van der Waals surface area contributed by atoms with Gasteiger partial charge in [-0.2, -0.15) is 5.10 Å². The van der Waals surface area contributed by atoms with Gasteiger partial charge in [-0.1, -0.05) is 42.1 Å². The molecule has 1 atom stereocenters. The number of pyridine rings is 1. The molecule has 2 N–H and O–H groups in total. The van der Waals surface area contributed by atoms with Crippen LogP contribution in [-0.4, -0.2) is 38.6 Å². The first-order valence-corrected chi connectivity index (χ1v) is 9.38. The first-order chi connectivity index (χ1) is 13.0. The molecule has 1 fully saturated rings. The van der Waals surface area contributed by atoms with Crippen LogP contribution in [0.5, 0.6) is 0 Å². The van der Waals surface area contributed by atoms with E-state index in [0.29, 0.717) is 11.0 Å². The number of amides is 1. The summed E-state index contributed by atoms with van der Waals surface area (Å²) in [6, 6.07) is 11.5. The van der Waals surface area contributed by atoms with E-state index in [1.807, 2.05) is 36.4 Å². The lowest BCUT2D eigenvalue weighted by atomic mass is 10.1. The molecule has 2 aromatic rings. The normalized spacial score (nSPS) is 18.2. The molecule has 0 radical (unpaired) electrons. The Hall–Kier alpha value is -2.71. The Morgan fingerprint density at radius 2 is 2.07 bits per heavy atom. The van der Waals surface area contributed by atoms with Gasteiger partial charge in [-0.05, 0) is 17.2 Å². The number of aromatic nitrogens is 1. The second-order valence-corrected chi connectivity index (χ2v) is 7.11. The Balaban J connectivity index is 1.62. The van der Waals surface area contributed by atoms with E-state index in [4.69, 9.17) is 16.7 Å². The highest BCUT2D eigenvalue weighted by molar-refractivity contribution is 8.15. The number of amidine groups is 1. The number of thioether (sulfide) groups is 1. The van der Waals surface area contributed by atoms with Gasteiger partial charge in [0.15, 0.2) is 5.17 Å². The van der Waals surface area contributed by atoms with E-state index >= 15 is 0 Å². The fourth-order valence-electron chi connectivity index (χ4n) is 2.31. The fourth-order valence-corrected chi connectivity index (χ4v) is 3.38. The smallest absolute Gasteiger partial charge is 0.305 e. The quantitative estimate of drug-likeness (QED) is 0.439. The SMILES string of the molecule is O=C(O)CC1SC(=NN=Cc2ccc(-c3ccc(CCl)cn3)cc2)NC1=O. The number of benzene rings is 1. The molecule has 9 heteroatoms. The number of rotatable bonds is 6. The van der Waals surface area contributed by atoms with Crippen LogP contribution in [0.15, 0.2) is 52.8 Å². The highest BCUT2D eigenvalue weighted by Crippen LogP contribution is 2.22. The lowest BCUT2D eigenvalue weighted by molar-refractivity contribution is -0.138. The number of hydrogen-bond acceptors (Lipinski definition) is 6. The van der Waals surface area contributed by atoms with Crippen LogP contribution in [0, 0.1) is 0 Å². The van der Waals surface area contributed by atoms with Gasteiger partial charge >= 0.3 is 5.97 Å². The number of halogens is 1. The van der Waals surface area contributed by atoms with Crippen molar-refractivity contribution in [2.45, 2.75) is 17.6 Å². The third kappa shape index (κ3) is 5.15. The Kier molecular flexibility index (Phi) is 6.20. The van der Waals surface area contributed by atoms with Gasteiger partial charge in [-0.15, -0.1) is 16.7 Å². The van der Waals surface area contributed by atoms with E-state index in [2.05, 4.69) is 20.5 Å². The molecular formula is C18H15ClN4O3S. The van der Waals surface area contributed by atoms with E-state index < -0.39 is 11.2 Å². The van der Waals surface area contributed by atoms with E-state index in [9.17, 15) is 9.59 Å². The molecule has 1 aromatic heterocycles. The maximum atomic E-state index is 11.6. The Bertz CT molecular complexity index is 898. The van der Waals surface area contributed by atoms with E-state index in [1.54, 1.807) is 12.4 Å². The number of nitrogens with zero attached hydrogens (tertiary/aromatic N) is 3. The van der Waals surface area contributed by atoms with Crippen LogP contribution >= 0.6 is 23.4 Å². The highest BCUT2D eigenvalue weighted by atomic mass is 35.5. The number of nitrogens with one attached hydrogen (secondary N) is 1. The molecule has 3 rings (SSSR count). The number of carboxylic acid groups (broad SMARTS) is 1. The number of carboxylic acids is 1. The van der Waals surface area contributed by atoms with Crippen molar-refractivity contribution < 1.29 is 14.7 Å². The van der Waals surface area contributed by atoms with Crippen molar-refractivity contribution in [3.63, 3.8) is 0 Å². The van der Waals surface area contributed by atoms with Crippen molar-refractivity contribution in [3.05, 3.63) is 53.7 Å². The van der Waals surface area contributed by atoms with Crippen molar-refractivity contribution in [1.82, 2.24) is 10.3 Å². The third-order valence-corrected chi connectivity index (χ3v) is 5.06. The number of hydrogen-bond donors (Lipinski definition) is 2. The number of alkyl halides is 1. The van der Waals surface area contributed by atoms with Crippen LogP contribution in [0.1, 0.15) is 17.5 Å². The van der Waals surface area contributed by atoms with Crippen molar-refractivity contribution in [2.75, 3.05) is 0 Å². The minimum atomic E-state index is -1.03. The molecule has 1 saturated heterocycles. The summed E-state index contributed by atoms with van der Waals surface area (Å²) in [5.74, 6) is -0.964. The Morgan fingerprint density at radius 1 is 1.30 bits per heavy atom. The fraction of sp³-hybridized carbons (Fsp3) is 0.167. The zero-order valence-electron chi connectivity index (χ0n) is 14.0. The molecule has 1 unspecified atom stereocenters. The Labute approximate surface area is 164 Å². The summed E-state index contributed by atoms with van der Waals surface area (Å²) in [6.07, 6.45) is 3.05.